The van der Waals surface area contributed by atoms with E-state index in [1.165, 1.54) is 19.3 Å². The van der Waals surface area contributed by atoms with Gasteiger partial charge in [-0.2, -0.15) is 0 Å². The molecule has 3 heteroatoms. The maximum Gasteiger partial charge on any atom is 0.0600 e. The van der Waals surface area contributed by atoms with Crippen LogP contribution in [0.5, 0.6) is 0 Å². The third kappa shape index (κ3) is 5.83. The second-order valence-electron chi connectivity index (χ2n) is 5.12. The summed E-state index contributed by atoms with van der Waals surface area (Å²) in [6.07, 6.45) is 5.54. The predicted octanol–water partition coefficient (Wildman–Crippen LogP) is 2.21. The Kier molecular flexibility index (Phi) is 7.01. The lowest BCUT2D eigenvalue weighted by Crippen LogP contribution is -2.30. The Balaban J connectivity index is 1.99. The molecule has 0 aromatic heterocycles. The number of methoxy groups -OCH3 is 1. The molecule has 2 atom stereocenters. The van der Waals surface area contributed by atoms with E-state index in [0.717, 1.165) is 26.1 Å². The maximum absolute atomic E-state index is 5.85. The van der Waals surface area contributed by atoms with E-state index in [-0.39, 0.29) is 0 Å². The third-order valence-electron chi connectivity index (χ3n) is 3.10. The molecule has 0 aromatic rings. The molecule has 1 rings (SSSR count). The molecule has 3 nitrogen and oxygen atoms in total. The van der Waals surface area contributed by atoms with E-state index in [1.54, 1.807) is 7.11 Å². The average molecular weight is 229 g/mol. The first-order valence-corrected chi connectivity index (χ1v) is 6.57. The van der Waals surface area contributed by atoms with Crippen molar-refractivity contribution in [3.63, 3.8) is 0 Å². The summed E-state index contributed by atoms with van der Waals surface area (Å²) in [6, 6.07) is 0. The van der Waals surface area contributed by atoms with Gasteiger partial charge >= 0.3 is 0 Å². The first-order chi connectivity index (χ1) is 7.72. The minimum absolute atomic E-state index is 0.416. The molecule has 16 heavy (non-hydrogen) atoms. The van der Waals surface area contributed by atoms with Crippen LogP contribution in [0.25, 0.3) is 0 Å². The Labute approximate surface area is 99.9 Å². The lowest BCUT2D eigenvalue weighted by Gasteiger charge is -2.28. The average Bonchev–Trinajstić information content (AvgIpc) is 2.28. The Hall–Kier alpha value is -0.120. The Morgan fingerprint density at radius 1 is 1.25 bits per heavy atom. The normalized spacial score (nSPS) is 26.2. The first-order valence-electron chi connectivity index (χ1n) is 6.57. The summed E-state index contributed by atoms with van der Waals surface area (Å²) in [5.41, 5.74) is 0. The Morgan fingerprint density at radius 2 is 2.00 bits per heavy atom. The Morgan fingerprint density at radius 3 is 2.69 bits per heavy atom. The van der Waals surface area contributed by atoms with Gasteiger partial charge in [0, 0.05) is 13.7 Å². The fourth-order valence-electron chi connectivity index (χ4n) is 2.16. The van der Waals surface area contributed by atoms with Gasteiger partial charge in [0.05, 0.1) is 18.8 Å². The van der Waals surface area contributed by atoms with E-state index >= 15 is 0 Å². The Bertz CT molecular complexity index is 173. The van der Waals surface area contributed by atoms with Gasteiger partial charge in [-0.3, -0.25) is 0 Å². The molecular weight excluding hydrogens is 202 g/mol. The van der Waals surface area contributed by atoms with Crippen molar-refractivity contribution in [1.82, 2.24) is 5.32 Å². The van der Waals surface area contributed by atoms with Gasteiger partial charge in [-0.25, -0.2) is 0 Å². The molecular formula is C13H27NO2. The van der Waals surface area contributed by atoms with Gasteiger partial charge in [-0.05, 0) is 38.1 Å². The number of nitrogens with one attached hydrogen (secondary N) is 1. The van der Waals surface area contributed by atoms with Crippen molar-refractivity contribution in [2.45, 2.75) is 51.7 Å². The predicted molar refractivity (Wildman–Crippen MR) is 66.7 cm³/mol. The van der Waals surface area contributed by atoms with Crippen molar-refractivity contribution < 1.29 is 9.47 Å². The van der Waals surface area contributed by atoms with Crippen molar-refractivity contribution >= 4 is 0 Å². The smallest absolute Gasteiger partial charge is 0.0600 e. The van der Waals surface area contributed by atoms with Crippen LogP contribution in [0.1, 0.15) is 39.5 Å². The molecule has 0 aliphatic heterocycles. The summed E-state index contributed by atoms with van der Waals surface area (Å²) in [7, 11) is 1.80. The van der Waals surface area contributed by atoms with Gasteiger partial charge < -0.3 is 14.8 Å². The molecule has 1 N–H and O–H groups in total. The van der Waals surface area contributed by atoms with E-state index in [0.29, 0.717) is 18.1 Å². The molecule has 1 aliphatic carbocycles. The maximum atomic E-state index is 5.85. The molecule has 0 spiro atoms. The van der Waals surface area contributed by atoms with Gasteiger partial charge in [-0.1, -0.05) is 13.8 Å². The fraction of sp³-hybridized carbons (Fsp3) is 1.00. The summed E-state index contributed by atoms with van der Waals surface area (Å²) in [4.78, 5) is 0. The lowest BCUT2D eigenvalue weighted by atomic mass is 9.95. The zero-order valence-electron chi connectivity index (χ0n) is 11.0. The number of ether oxygens (including phenoxy) is 2. The minimum atomic E-state index is 0.416. The lowest BCUT2D eigenvalue weighted by molar-refractivity contribution is -0.0282. The highest BCUT2D eigenvalue weighted by Crippen LogP contribution is 2.22. The van der Waals surface area contributed by atoms with Crippen LogP contribution in [0.4, 0.5) is 0 Å². The van der Waals surface area contributed by atoms with Crippen molar-refractivity contribution in [1.29, 1.82) is 0 Å². The van der Waals surface area contributed by atoms with Crippen LogP contribution >= 0.6 is 0 Å². The number of hydrogen-bond acceptors (Lipinski definition) is 3. The quantitative estimate of drug-likeness (QED) is 0.679. The number of rotatable bonds is 7. The highest BCUT2D eigenvalue weighted by molar-refractivity contribution is 4.73. The summed E-state index contributed by atoms with van der Waals surface area (Å²) < 4.78 is 11.2. The SMILES string of the molecule is COC1CCCC(OCCNCC(C)C)C1. The van der Waals surface area contributed by atoms with Crippen LogP contribution in [0.15, 0.2) is 0 Å². The van der Waals surface area contributed by atoms with Crippen LogP contribution in [-0.4, -0.2) is 39.0 Å². The van der Waals surface area contributed by atoms with Crippen LogP contribution in [-0.2, 0) is 9.47 Å². The summed E-state index contributed by atoms with van der Waals surface area (Å²) in [5, 5.41) is 3.39. The molecule has 0 radical (unpaired) electrons. The van der Waals surface area contributed by atoms with Gasteiger partial charge in [-0.15, -0.1) is 0 Å². The summed E-state index contributed by atoms with van der Waals surface area (Å²) >= 11 is 0. The van der Waals surface area contributed by atoms with Crippen LogP contribution < -0.4 is 5.32 Å². The van der Waals surface area contributed by atoms with Crippen molar-refractivity contribution in [2.24, 2.45) is 5.92 Å². The van der Waals surface area contributed by atoms with Crippen molar-refractivity contribution in [3.05, 3.63) is 0 Å². The second-order valence-corrected chi connectivity index (χ2v) is 5.12. The molecule has 0 aromatic carbocycles. The zero-order chi connectivity index (χ0) is 11.8. The molecule has 0 amide bonds. The molecule has 1 saturated carbocycles. The molecule has 0 saturated heterocycles. The van der Waals surface area contributed by atoms with Gasteiger partial charge in [0.15, 0.2) is 0 Å². The van der Waals surface area contributed by atoms with Gasteiger partial charge in [0.1, 0.15) is 0 Å². The van der Waals surface area contributed by atoms with Crippen molar-refractivity contribution in [3.8, 4) is 0 Å². The van der Waals surface area contributed by atoms with Crippen molar-refractivity contribution in [2.75, 3.05) is 26.8 Å². The van der Waals surface area contributed by atoms with E-state index < -0.39 is 0 Å². The highest BCUT2D eigenvalue weighted by Gasteiger charge is 2.21. The highest BCUT2D eigenvalue weighted by atomic mass is 16.5. The molecule has 0 heterocycles. The molecule has 96 valence electrons. The van der Waals surface area contributed by atoms with Crippen LogP contribution in [0.2, 0.25) is 0 Å². The van der Waals surface area contributed by atoms with E-state index in [9.17, 15) is 0 Å². The summed E-state index contributed by atoms with van der Waals surface area (Å²) in [6.45, 7) is 7.31. The first kappa shape index (κ1) is 13.9. The van der Waals surface area contributed by atoms with E-state index in [2.05, 4.69) is 19.2 Å². The monoisotopic (exact) mass is 229 g/mol. The van der Waals surface area contributed by atoms with Gasteiger partial charge in [0.2, 0.25) is 0 Å². The largest absolute Gasteiger partial charge is 0.381 e. The van der Waals surface area contributed by atoms with Crippen LogP contribution in [0.3, 0.4) is 0 Å². The van der Waals surface area contributed by atoms with Crippen LogP contribution in [0, 0.1) is 5.92 Å². The molecule has 2 unspecified atom stereocenters. The standard InChI is InChI=1S/C13H27NO2/c1-11(2)10-14-7-8-16-13-6-4-5-12(9-13)15-3/h11-14H,4-10H2,1-3H3. The topological polar surface area (TPSA) is 30.5 Å². The third-order valence-corrected chi connectivity index (χ3v) is 3.10. The van der Waals surface area contributed by atoms with Gasteiger partial charge in [0.25, 0.3) is 0 Å². The molecule has 0 bridgehead atoms. The number of hydrogen-bond donors (Lipinski definition) is 1. The fourth-order valence-corrected chi connectivity index (χ4v) is 2.16. The molecule has 1 fully saturated rings. The van der Waals surface area contributed by atoms with E-state index in [1.807, 2.05) is 0 Å². The van der Waals surface area contributed by atoms with E-state index in [4.69, 9.17) is 9.47 Å². The zero-order valence-corrected chi connectivity index (χ0v) is 11.0. The minimum Gasteiger partial charge on any atom is -0.381 e. The second kappa shape index (κ2) is 8.04. The summed E-state index contributed by atoms with van der Waals surface area (Å²) in [5.74, 6) is 0.715. The molecule has 1 aliphatic rings.